The van der Waals surface area contributed by atoms with Crippen LogP contribution >= 0.6 is 0 Å². The first-order valence-electron chi connectivity index (χ1n) is 19.2. The third-order valence-corrected chi connectivity index (χ3v) is 11.3. The lowest BCUT2D eigenvalue weighted by Crippen LogP contribution is -2.59. The van der Waals surface area contributed by atoms with Crippen LogP contribution in [0.2, 0.25) is 0 Å². The number of hydrogen-bond donors (Lipinski definition) is 3. The predicted molar refractivity (Wildman–Crippen MR) is 195 cm³/mol. The number of aliphatic hydroxyl groups is 1. The van der Waals surface area contributed by atoms with E-state index in [1.165, 1.54) is 11.3 Å². The molecule has 5 rings (SSSR count). The van der Waals surface area contributed by atoms with E-state index in [0.29, 0.717) is 43.9 Å². The van der Waals surface area contributed by atoms with Crippen LogP contribution in [0.25, 0.3) is 0 Å². The first-order chi connectivity index (χ1) is 24.1. The highest BCUT2D eigenvalue weighted by Crippen LogP contribution is 2.41. The van der Waals surface area contributed by atoms with Gasteiger partial charge in [-0.15, -0.1) is 0 Å². The molecule has 51 heavy (non-hydrogen) atoms. The summed E-state index contributed by atoms with van der Waals surface area (Å²) >= 11 is 0. The molecule has 0 aromatic heterocycles. The van der Waals surface area contributed by atoms with Crippen LogP contribution in [-0.2, 0) is 24.0 Å². The van der Waals surface area contributed by atoms with Crippen molar-refractivity contribution in [1.82, 2.24) is 15.5 Å². The fourth-order valence-electron chi connectivity index (χ4n) is 8.26. The molecular weight excluding hydrogens is 648 g/mol. The molecule has 3 amide bonds. The third-order valence-electron chi connectivity index (χ3n) is 11.3. The van der Waals surface area contributed by atoms with Crippen molar-refractivity contribution < 1.29 is 33.9 Å². The second kappa shape index (κ2) is 16.0. The van der Waals surface area contributed by atoms with Gasteiger partial charge in [-0.05, 0) is 86.5 Å². The Morgan fingerprint density at radius 1 is 1.02 bits per heavy atom. The fourth-order valence-corrected chi connectivity index (χ4v) is 8.26. The average Bonchev–Trinajstić information content (AvgIpc) is 3.67. The number of carbonyl (C=O) groups excluding carboxylic acids is 4. The van der Waals surface area contributed by atoms with Crippen molar-refractivity contribution in [3.05, 3.63) is 28.8 Å². The van der Waals surface area contributed by atoms with Gasteiger partial charge in [0.1, 0.15) is 23.9 Å². The number of aryl methyl sites for hydroxylation is 2. The number of ether oxygens (including phenoxy) is 1. The number of nitrogens with one attached hydrogen (secondary N) is 2. The average molecular weight is 709 g/mol. The maximum atomic E-state index is 14.7. The maximum absolute atomic E-state index is 14.7. The molecule has 11 heteroatoms. The number of aliphatic hydroxyl groups excluding tert-OH is 1. The van der Waals surface area contributed by atoms with Crippen LogP contribution in [0.3, 0.4) is 0 Å². The Balaban J connectivity index is 1.40. The monoisotopic (exact) mass is 708 g/mol. The van der Waals surface area contributed by atoms with E-state index in [1.807, 2.05) is 53.7 Å². The molecule has 1 aromatic rings. The molecule has 1 spiro atoms. The number of oxime groups is 1. The molecule has 2 aliphatic carbocycles. The molecule has 2 aliphatic heterocycles. The van der Waals surface area contributed by atoms with Crippen LogP contribution in [0, 0.1) is 31.1 Å². The van der Waals surface area contributed by atoms with Gasteiger partial charge in [-0.25, -0.2) is 0 Å². The van der Waals surface area contributed by atoms with E-state index in [4.69, 9.17) is 9.57 Å². The van der Waals surface area contributed by atoms with Crippen molar-refractivity contribution in [3.8, 4) is 5.75 Å². The number of amides is 3. The van der Waals surface area contributed by atoms with E-state index >= 15 is 0 Å². The summed E-state index contributed by atoms with van der Waals surface area (Å²) in [7, 11) is 1.64. The van der Waals surface area contributed by atoms with Crippen molar-refractivity contribution in [3.63, 3.8) is 0 Å². The molecule has 0 radical (unpaired) electrons. The second-order valence-corrected chi connectivity index (χ2v) is 16.9. The van der Waals surface area contributed by atoms with Gasteiger partial charge in [0, 0.05) is 31.2 Å². The molecule has 3 N–H and O–H groups in total. The zero-order valence-corrected chi connectivity index (χ0v) is 31.8. The molecule has 11 nitrogen and oxygen atoms in total. The Hall–Kier alpha value is -3.47. The van der Waals surface area contributed by atoms with E-state index in [1.54, 1.807) is 7.11 Å². The van der Waals surface area contributed by atoms with E-state index in [2.05, 4.69) is 15.8 Å². The van der Waals surface area contributed by atoms with Crippen LogP contribution in [0.1, 0.15) is 128 Å². The molecule has 3 fully saturated rings. The number of ketones is 1. The minimum Gasteiger partial charge on any atom is -0.496 e. The number of carbonyl (C=O) groups is 4. The standard InChI is InChI=1S/C40H60N4O7/c1-8-12-29(34(47)32(45)19-27-15-16-27)41-37(48)31-22-40(21-30(43-51-40)28-17-24(2)35(50-7)25(3)18-28)23-44(31)38(49)36(39(4,5)6)42-33(46)20-26-13-10-9-11-14-26/h17-18,26-27,29,31,34,36,47H,8-16,19-23H2,1-7H3,(H,41,48)(H,42,46)/t29-,31-,34?,36+,40+/m0/s1. The maximum Gasteiger partial charge on any atom is 0.246 e. The number of benzene rings is 1. The van der Waals surface area contributed by atoms with Gasteiger partial charge >= 0.3 is 0 Å². The molecule has 0 bridgehead atoms. The molecule has 2 saturated carbocycles. The third kappa shape index (κ3) is 9.31. The van der Waals surface area contributed by atoms with Crippen LogP contribution < -0.4 is 15.4 Å². The lowest BCUT2D eigenvalue weighted by molar-refractivity contribution is -0.145. The summed E-state index contributed by atoms with van der Waals surface area (Å²) in [5.41, 5.74) is 1.91. The quantitative estimate of drug-likeness (QED) is 0.238. The van der Waals surface area contributed by atoms with Crippen LogP contribution in [0.15, 0.2) is 17.3 Å². The Bertz CT molecular complexity index is 1470. The normalized spacial score (nSPS) is 24.0. The Labute approximate surface area is 303 Å². The van der Waals surface area contributed by atoms with Crippen LogP contribution in [-0.4, -0.2) is 82.7 Å². The van der Waals surface area contributed by atoms with Gasteiger partial charge in [-0.3, -0.25) is 19.2 Å². The number of nitrogens with zero attached hydrogens (tertiary/aromatic N) is 2. The lowest BCUT2D eigenvalue weighted by atomic mass is 9.84. The highest BCUT2D eigenvalue weighted by Gasteiger charge is 2.55. The first-order valence-corrected chi connectivity index (χ1v) is 19.2. The lowest BCUT2D eigenvalue weighted by Gasteiger charge is -2.36. The molecule has 5 atom stereocenters. The highest BCUT2D eigenvalue weighted by molar-refractivity contribution is 6.03. The molecule has 1 saturated heterocycles. The fraction of sp³-hybridized carbons (Fsp3) is 0.725. The zero-order chi connectivity index (χ0) is 37.1. The first kappa shape index (κ1) is 38.8. The van der Waals surface area contributed by atoms with Gasteiger partial charge < -0.3 is 30.2 Å². The van der Waals surface area contributed by atoms with Gasteiger partial charge in [0.15, 0.2) is 11.4 Å². The summed E-state index contributed by atoms with van der Waals surface area (Å²) in [4.78, 5) is 63.1. The Morgan fingerprint density at radius 2 is 1.67 bits per heavy atom. The predicted octanol–water partition coefficient (Wildman–Crippen LogP) is 5.29. The number of rotatable bonds is 14. The van der Waals surface area contributed by atoms with Crippen molar-refractivity contribution in [2.75, 3.05) is 13.7 Å². The topological polar surface area (TPSA) is 147 Å². The van der Waals surface area contributed by atoms with Gasteiger partial charge in [0.25, 0.3) is 0 Å². The van der Waals surface area contributed by atoms with Gasteiger partial charge in [0.2, 0.25) is 17.7 Å². The Kier molecular flexibility index (Phi) is 12.2. The van der Waals surface area contributed by atoms with E-state index in [0.717, 1.165) is 66.7 Å². The Morgan fingerprint density at radius 3 is 2.25 bits per heavy atom. The highest BCUT2D eigenvalue weighted by atomic mass is 16.7. The zero-order valence-electron chi connectivity index (χ0n) is 31.8. The molecule has 282 valence electrons. The largest absolute Gasteiger partial charge is 0.496 e. The van der Waals surface area contributed by atoms with Crippen molar-refractivity contribution in [1.29, 1.82) is 0 Å². The summed E-state index contributed by atoms with van der Waals surface area (Å²) in [6.07, 6.45) is 8.38. The number of hydrogen-bond acceptors (Lipinski definition) is 8. The van der Waals surface area contributed by atoms with E-state index < -0.39 is 41.2 Å². The van der Waals surface area contributed by atoms with Gasteiger partial charge in [-0.1, -0.05) is 58.5 Å². The van der Waals surface area contributed by atoms with Crippen molar-refractivity contribution in [2.45, 2.75) is 155 Å². The van der Waals surface area contributed by atoms with E-state index in [9.17, 15) is 24.3 Å². The smallest absolute Gasteiger partial charge is 0.246 e. The van der Waals surface area contributed by atoms with Crippen molar-refractivity contribution in [2.24, 2.45) is 22.4 Å². The molecular formula is C40H60N4O7. The van der Waals surface area contributed by atoms with Crippen LogP contribution in [0.5, 0.6) is 5.75 Å². The summed E-state index contributed by atoms with van der Waals surface area (Å²) in [6, 6.07) is 1.38. The molecule has 2 heterocycles. The number of Topliss-reactive ketones (excluding diaryl/α,β-unsaturated/α-hetero) is 1. The van der Waals surface area contributed by atoms with Gasteiger partial charge in [0.05, 0.1) is 25.4 Å². The molecule has 1 unspecified atom stereocenters. The van der Waals surface area contributed by atoms with Gasteiger partial charge in [-0.2, -0.15) is 0 Å². The summed E-state index contributed by atoms with van der Waals surface area (Å²) < 4.78 is 5.56. The SMILES string of the molecule is CCC[C@H](NC(=O)[C@@H]1C[C@]2(CC(c3cc(C)c(OC)c(C)c3)=NO2)CN1C(=O)[C@@H](NC(=O)CC1CCCCC1)C(C)(C)C)C(O)C(=O)CC1CC1. The minimum absolute atomic E-state index is 0.0950. The molecule has 4 aliphatic rings. The summed E-state index contributed by atoms with van der Waals surface area (Å²) in [5, 5.41) is 21.6. The second-order valence-electron chi connectivity index (χ2n) is 16.9. The summed E-state index contributed by atoms with van der Waals surface area (Å²) in [6.45, 7) is 11.7. The molecule has 1 aromatic carbocycles. The van der Waals surface area contributed by atoms with Crippen LogP contribution in [0.4, 0.5) is 0 Å². The number of likely N-dealkylation sites (tertiary alicyclic amines) is 1. The minimum atomic E-state index is -1.32. The van der Waals surface area contributed by atoms with Crippen molar-refractivity contribution >= 4 is 29.2 Å². The number of methoxy groups -OCH3 is 1. The summed E-state index contributed by atoms with van der Waals surface area (Å²) in [5.74, 6) is 0.193. The van der Waals surface area contributed by atoms with E-state index in [-0.39, 0.29) is 30.6 Å².